The molecule has 1 aromatic carbocycles. The van der Waals surface area contributed by atoms with Crippen LogP contribution in [0, 0.1) is 5.92 Å². The summed E-state index contributed by atoms with van der Waals surface area (Å²) in [5, 5.41) is 0. The van der Waals surface area contributed by atoms with Crippen molar-refractivity contribution in [2.24, 2.45) is 11.7 Å². The van der Waals surface area contributed by atoms with Gasteiger partial charge in [-0.2, -0.15) is 0 Å². The van der Waals surface area contributed by atoms with Gasteiger partial charge in [-0.1, -0.05) is 0 Å². The molecule has 1 aliphatic carbocycles. The van der Waals surface area contributed by atoms with E-state index in [9.17, 15) is 8.42 Å². The van der Waals surface area contributed by atoms with Gasteiger partial charge in [-0.05, 0) is 49.1 Å². The lowest BCUT2D eigenvalue weighted by molar-refractivity contribution is 0.411. The summed E-state index contributed by atoms with van der Waals surface area (Å²) in [6.07, 6.45) is 1.69. The Hall–Kier alpha value is -1.07. The topological polar surface area (TPSA) is 69.4 Å². The number of fused-ring (bicyclic) bond motifs is 2. The fourth-order valence-corrected chi connectivity index (χ4v) is 4.91. The Balaban J connectivity index is 2.18. The van der Waals surface area contributed by atoms with Gasteiger partial charge in [0.2, 0.25) is 0 Å². The minimum absolute atomic E-state index is 0.00998. The second-order valence-electron chi connectivity index (χ2n) is 5.22. The van der Waals surface area contributed by atoms with E-state index >= 15 is 0 Å². The predicted molar refractivity (Wildman–Crippen MR) is 68.5 cm³/mol. The summed E-state index contributed by atoms with van der Waals surface area (Å²) in [7, 11) is -1.53. The predicted octanol–water partition coefficient (Wildman–Crippen LogP) is 1.09. The van der Waals surface area contributed by atoms with E-state index < -0.39 is 9.84 Å². The molecule has 1 spiro atoms. The molecule has 4 nitrogen and oxygen atoms in total. The van der Waals surface area contributed by atoms with Crippen LogP contribution in [-0.2, 0) is 15.3 Å². The van der Waals surface area contributed by atoms with Gasteiger partial charge in [0.25, 0.3) is 0 Å². The summed E-state index contributed by atoms with van der Waals surface area (Å²) in [6.45, 7) is 0.622. The van der Waals surface area contributed by atoms with Crippen molar-refractivity contribution in [1.82, 2.24) is 0 Å². The molecule has 3 rings (SSSR count). The Labute approximate surface area is 107 Å². The number of ether oxygens (including phenoxy) is 1. The zero-order chi connectivity index (χ0) is 13.0. The van der Waals surface area contributed by atoms with Gasteiger partial charge in [-0.15, -0.1) is 0 Å². The molecule has 1 heterocycles. The van der Waals surface area contributed by atoms with Gasteiger partial charge in [0.1, 0.15) is 5.75 Å². The molecule has 18 heavy (non-hydrogen) atoms. The van der Waals surface area contributed by atoms with E-state index in [0.717, 1.165) is 12.0 Å². The Morgan fingerprint density at radius 2 is 2.28 bits per heavy atom. The number of rotatable bonds is 2. The maximum atomic E-state index is 12.1. The molecule has 0 radical (unpaired) electrons. The summed E-state index contributed by atoms with van der Waals surface area (Å²) >= 11 is 0. The van der Waals surface area contributed by atoms with Gasteiger partial charge >= 0.3 is 0 Å². The molecule has 2 aliphatic rings. The van der Waals surface area contributed by atoms with E-state index in [2.05, 4.69) is 0 Å². The molecule has 1 fully saturated rings. The zero-order valence-electron chi connectivity index (χ0n) is 10.3. The molecular formula is C13H17NO3S. The van der Waals surface area contributed by atoms with Crippen LogP contribution < -0.4 is 10.5 Å². The van der Waals surface area contributed by atoms with Crippen LogP contribution in [0.5, 0.6) is 5.75 Å². The monoisotopic (exact) mass is 267 g/mol. The van der Waals surface area contributed by atoms with Gasteiger partial charge in [0.05, 0.1) is 17.8 Å². The zero-order valence-corrected chi connectivity index (χ0v) is 11.2. The second kappa shape index (κ2) is 3.71. The third kappa shape index (κ3) is 1.50. The Bertz CT molecular complexity index is 596. The lowest BCUT2D eigenvalue weighted by Crippen LogP contribution is -2.27. The first-order valence-corrected chi connectivity index (χ1v) is 7.80. The van der Waals surface area contributed by atoms with Crippen LogP contribution in [0.1, 0.15) is 18.4 Å². The van der Waals surface area contributed by atoms with Crippen LogP contribution in [0.15, 0.2) is 23.1 Å². The highest BCUT2D eigenvalue weighted by Crippen LogP contribution is 2.60. The first-order chi connectivity index (χ1) is 8.53. The van der Waals surface area contributed by atoms with Crippen LogP contribution in [0.3, 0.4) is 0 Å². The van der Waals surface area contributed by atoms with Gasteiger partial charge in [0.15, 0.2) is 9.84 Å². The third-order valence-electron chi connectivity index (χ3n) is 4.39. The average molecular weight is 267 g/mol. The first kappa shape index (κ1) is 12.0. The number of benzene rings is 1. The highest BCUT2D eigenvalue weighted by Gasteiger charge is 2.58. The number of hydrogen-bond donors (Lipinski definition) is 1. The maximum absolute atomic E-state index is 12.1. The maximum Gasteiger partial charge on any atom is 0.178 e. The summed E-state index contributed by atoms with van der Waals surface area (Å²) in [5.41, 5.74) is 6.66. The van der Waals surface area contributed by atoms with Gasteiger partial charge in [0, 0.05) is 5.41 Å². The quantitative estimate of drug-likeness (QED) is 0.871. The van der Waals surface area contributed by atoms with Crippen molar-refractivity contribution >= 4 is 9.84 Å². The third-order valence-corrected chi connectivity index (χ3v) is 6.16. The molecule has 0 saturated heterocycles. The van der Waals surface area contributed by atoms with E-state index in [1.165, 1.54) is 0 Å². The molecule has 1 aliphatic heterocycles. The molecule has 1 aromatic rings. The summed E-state index contributed by atoms with van der Waals surface area (Å²) < 4.78 is 29.4. The van der Waals surface area contributed by atoms with Crippen molar-refractivity contribution in [3.63, 3.8) is 0 Å². The fraction of sp³-hybridized carbons (Fsp3) is 0.538. The first-order valence-electron chi connectivity index (χ1n) is 6.15. The number of hydrogen-bond acceptors (Lipinski definition) is 4. The van der Waals surface area contributed by atoms with Crippen molar-refractivity contribution in [3.8, 4) is 5.75 Å². The molecule has 2 N–H and O–H groups in total. The molecule has 2 unspecified atom stereocenters. The molecule has 0 bridgehead atoms. The second-order valence-corrected chi connectivity index (χ2v) is 7.30. The molecule has 5 heteroatoms. The van der Waals surface area contributed by atoms with Crippen molar-refractivity contribution in [3.05, 3.63) is 23.8 Å². The standard InChI is InChI=1S/C13H17NO3S/c1-17-10-2-3-12-11(6-10)13(7-9(13)8-14)4-5-18(12,15)16/h2-3,6,9H,4-5,7-8,14H2,1H3. The number of methoxy groups -OCH3 is 1. The summed E-state index contributed by atoms with van der Waals surface area (Å²) in [6, 6.07) is 5.27. The Morgan fingerprint density at radius 1 is 1.50 bits per heavy atom. The van der Waals surface area contributed by atoms with Crippen molar-refractivity contribution in [1.29, 1.82) is 0 Å². The fourth-order valence-electron chi connectivity index (χ4n) is 3.18. The lowest BCUT2D eigenvalue weighted by Gasteiger charge is -2.27. The highest BCUT2D eigenvalue weighted by molar-refractivity contribution is 7.91. The largest absolute Gasteiger partial charge is 0.497 e. The highest BCUT2D eigenvalue weighted by atomic mass is 32.2. The van der Waals surface area contributed by atoms with Crippen molar-refractivity contribution < 1.29 is 13.2 Å². The van der Waals surface area contributed by atoms with Crippen LogP contribution >= 0.6 is 0 Å². The normalized spacial score (nSPS) is 32.0. The van der Waals surface area contributed by atoms with Crippen molar-refractivity contribution in [2.75, 3.05) is 19.4 Å². The molecular weight excluding hydrogens is 250 g/mol. The lowest BCUT2D eigenvalue weighted by atomic mass is 9.89. The van der Waals surface area contributed by atoms with Crippen molar-refractivity contribution in [2.45, 2.75) is 23.2 Å². The van der Waals surface area contributed by atoms with E-state index in [4.69, 9.17) is 10.5 Å². The molecule has 0 aromatic heterocycles. The molecule has 0 amide bonds. The van der Waals surface area contributed by atoms with Gasteiger partial charge in [-0.3, -0.25) is 0 Å². The Kier molecular flexibility index (Phi) is 2.47. The van der Waals surface area contributed by atoms with Crippen LogP contribution in [0.25, 0.3) is 0 Å². The van der Waals surface area contributed by atoms with E-state index in [1.807, 2.05) is 6.07 Å². The minimum Gasteiger partial charge on any atom is -0.497 e. The number of nitrogens with two attached hydrogens (primary N) is 1. The number of sulfone groups is 1. The summed E-state index contributed by atoms with van der Waals surface area (Å²) in [4.78, 5) is 0.477. The summed E-state index contributed by atoms with van der Waals surface area (Å²) in [5.74, 6) is 1.37. The van der Waals surface area contributed by atoms with E-state index in [1.54, 1.807) is 19.2 Å². The van der Waals surface area contributed by atoms with E-state index in [0.29, 0.717) is 29.5 Å². The SMILES string of the molecule is COc1ccc2c(c1)C1(CCS2(=O)=O)CC1CN. The molecule has 98 valence electrons. The Morgan fingerprint density at radius 3 is 2.89 bits per heavy atom. The van der Waals surface area contributed by atoms with Crippen LogP contribution in [-0.4, -0.2) is 27.8 Å². The van der Waals surface area contributed by atoms with Crippen LogP contribution in [0.4, 0.5) is 0 Å². The van der Waals surface area contributed by atoms with Gasteiger partial charge in [-0.25, -0.2) is 8.42 Å². The molecule has 1 saturated carbocycles. The minimum atomic E-state index is -3.13. The van der Waals surface area contributed by atoms with E-state index in [-0.39, 0.29) is 11.2 Å². The van der Waals surface area contributed by atoms with Crippen LogP contribution in [0.2, 0.25) is 0 Å². The molecule has 2 atom stereocenters. The average Bonchev–Trinajstić information content (AvgIpc) is 3.09. The smallest absolute Gasteiger partial charge is 0.178 e. The van der Waals surface area contributed by atoms with Gasteiger partial charge < -0.3 is 10.5 Å².